The van der Waals surface area contributed by atoms with Gasteiger partial charge in [0.25, 0.3) is 0 Å². The summed E-state index contributed by atoms with van der Waals surface area (Å²) in [6, 6.07) is 4.23. The molecule has 4 rings (SSSR count). The van der Waals surface area contributed by atoms with Crippen molar-refractivity contribution in [2.24, 2.45) is 7.05 Å². The first-order valence-corrected chi connectivity index (χ1v) is 8.95. The van der Waals surface area contributed by atoms with Gasteiger partial charge in [-0.1, -0.05) is 0 Å². The third-order valence-electron chi connectivity index (χ3n) is 5.26. The van der Waals surface area contributed by atoms with Crippen LogP contribution in [0.1, 0.15) is 33.8 Å². The second kappa shape index (κ2) is 6.47. The molecule has 4 heterocycles. The van der Waals surface area contributed by atoms with Crippen LogP contribution in [0, 0.1) is 32.1 Å². The molecule has 0 bridgehead atoms. The highest BCUT2D eigenvalue weighted by Crippen LogP contribution is 2.28. The van der Waals surface area contributed by atoms with Crippen molar-refractivity contribution in [3.05, 3.63) is 52.2 Å². The molecule has 0 N–H and O–H groups in total. The molecule has 7 heteroatoms. The van der Waals surface area contributed by atoms with E-state index in [2.05, 4.69) is 26.0 Å². The molecule has 0 aromatic carbocycles. The van der Waals surface area contributed by atoms with Gasteiger partial charge in [-0.2, -0.15) is 10.4 Å². The van der Waals surface area contributed by atoms with Crippen molar-refractivity contribution in [3.63, 3.8) is 0 Å². The Morgan fingerprint density at radius 2 is 1.96 bits per heavy atom. The van der Waals surface area contributed by atoms with Crippen LogP contribution in [0.5, 0.6) is 0 Å². The number of nitriles is 1. The van der Waals surface area contributed by atoms with Crippen molar-refractivity contribution in [2.75, 3.05) is 11.4 Å². The zero-order valence-corrected chi connectivity index (χ0v) is 16.0. The SMILES string of the molecule is Cc1ncc2c(c1C#N)CCN(c1nccc(-c3c(C)nn(C)c3C)n1)C2. The van der Waals surface area contributed by atoms with Crippen LogP contribution < -0.4 is 4.90 Å². The van der Waals surface area contributed by atoms with Crippen LogP contribution in [-0.2, 0) is 20.0 Å². The number of nitrogens with zero attached hydrogens (tertiary/aromatic N) is 7. The number of fused-ring (bicyclic) bond motifs is 1. The largest absolute Gasteiger partial charge is 0.336 e. The minimum absolute atomic E-state index is 0.658. The first-order chi connectivity index (χ1) is 13.0. The molecule has 3 aromatic heterocycles. The van der Waals surface area contributed by atoms with Gasteiger partial charge in [0.1, 0.15) is 6.07 Å². The molecule has 3 aromatic rings. The maximum Gasteiger partial charge on any atom is 0.226 e. The Morgan fingerprint density at radius 3 is 2.67 bits per heavy atom. The number of pyridine rings is 1. The van der Waals surface area contributed by atoms with E-state index in [4.69, 9.17) is 4.98 Å². The lowest BCUT2D eigenvalue weighted by Gasteiger charge is -2.29. The van der Waals surface area contributed by atoms with E-state index in [-0.39, 0.29) is 0 Å². The van der Waals surface area contributed by atoms with E-state index < -0.39 is 0 Å². The molecule has 0 unspecified atom stereocenters. The zero-order chi connectivity index (χ0) is 19.1. The number of rotatable bonds is 2. The van der Waals surface area contributed by atoms with E-state index in [1.807, 2.05) is 44.8 Å². The Balaban J connectivity index is 1.69. The van der Waals surface area contributed by atoms with E-state index in [1.54, 1.807) is 6.20 Å². The summed E-state index contributed by atoms with van der Waals surface area (Å²) in [6.07, 6.45) is 4.46. The highest BCUT2D eigenvalue weighted by atomic mass is 15.3. The molecule has 0 atom stereocenters. The normalized spacial score (nSPS) is 13.4. The monoisotopic (exact) mass is 359 g/mol. The Labute approximate surface area is 158 Å². The first kappa shape index (κ1) is 17.2. The lowest BCUT2D eigenvalue weighted by atomic mass is 9.96. The van der Waals surface area contributed by atoms with Crippen molar-refractivity contribution in [1.29, 1.82) is 5.26 Å². The van der Waals surface area contributed by atoms with Gasteiger partial charge in [0.15, 0.2) is 0 Å². The van der Waals surface area contributed by atoms with Gasteiger partial charge in [-0.25, -0.2) is 9.97 Å². The van der Waals surface area contributed by atoms with Crippen molar-refractivity contribution in [3.8, 4) is 17.3 Å². The first-order valence-electron chi connectivity index (χ1n) is 8.95. The molecule has 0 saturated heterocycles. The molecule has 0 radical (unpaired) electrons. The van der Waals surface area contributed by atoms with Gasteiger partial charge in [-0.3, -0.25) is 9.67 Å². The van der Waals surface area contributed by atoms with Crippen molar-refractivity contribution >= 4 is 5.95 Å². The predicted octanol–water partition coefficient (Wildman–Crippen LogP) is 2.63. The summed E-state index contributed by atoms with van der Waals surface area (Å²) in [5.41, 5.74) is 7.68. The van der Waals surface area contributed by atoms with Gasteiger partial charge < -0.3 is 4.90 Å². The maximum absolute atomic E-state index is 9.44. The smallest absolute Gasteiger partial charge is 0.226 e. The minimum Gasteiger partial charge on any atom is -0.336 e. The van der Waals surface area contributed by atoms with E-state index in [0.717, 1.165) is 52.4 Å². The summed E-state index contributed by atoms with van der Waals surface area (Å²) in [4.78, 5) is 15.8. The lowest BCUT2D eigenvalue weighted by molar-refractivity contribution is 0.701. The molecule has 0 fully saturated rings. The van der Waals surface area contributed by atoms with Gasteiger partial charge >= 0.3 is 0 Å². The fourth-order valence-corrected chi connectivity index (χ4v) is 3.75. The fourth-order valence-electron chi connectivity index (χ4n) is 3.75. The number of hydrogen-bond donors (Lipinski definition) is 0. The maximum atomic E-state index is 9.44. The summed E-state index contributed by atoms with van der Waals surface area (Å²) in [5, 5.41) is 13.9. The number of anilines is 1. The van der Waals surface area contributed by atoms with Gasteiger partial charge in [0.2, 0.25) is 5.95 Å². The van der Waals surface area contributed by atoms with Crippen LogP contribution >= 0.6 is 0 Å². The van der Waals surface area contributed by atoms with Crippen molar-refractivity contribution in [1.82, 2.24) is 24.7 Å². The molecule has 136 valence electrons. The van der Waals surface area contributed by atoms with Crippen molar-refractivity contribution < 1.29 is 0 Å². The van der Waals surface area contributed by atoms with Crippen LogP contribution in [0.4, 0.5) is 5.95 Å². The molecule has 7 nitrogen and oxygen atoms in total. The average molecular weight is 359 g/mol. The third-order valence-corrected chi connectivity index (χ3v) is 5.26. The topological polar surface area (TPSA) is 83.5 Å². The standard InChI is InChI=1S/C20H21N7/c1-12-17(9-21)16-6-8-27(11-15(16)10-23-12)20-22-7-5-18(24-20)19-13(2)25-26(4)14(19)3/h5,7,10H,6,8,11H2,1-4H3. The van der Waals surface area contributed by atoms with E-state index >= 15 is 0 Å². The Bertz CT molecular complexity index is 1070. The molecule has 1 aliphatic heterocycles. The average Bonchev–Trinajstić information content (AvgIpc) is 2.93. The summed E-state index contributed by atoms with van der Waals surface area (Å²) in [7, 11) is 1.94. The third kappa shape index (κ3) is 2.83. The van der Waals surface area contributed by atoms with E-state index in [1.165, 1.54) is 0 Å². The summed E-state index contributed by atoms with van der Waals surface area (Å²) in [5.74, 6) is 0.694. The second-order valence-electron chi connectivity index (χ2n) is 6.92. The van der Waals surface area contributed by atoms with E-state index in [9.17, 15) is 5.26 Å². The van der Waals surface area contributed by atoms with Gasteiger partial charge in [0.05, 0.1) is 22.6 Å². The van der Waals surface area contributed by atoms with Gasteiger partial charge in [0, 0.05) is 43.8 Å². The Morgan fingerprint density at radius 1 is 1.15 bits per heavy atom. The fraction of sp³-hybridized carbons (Fsp3) is 0.350. The van der Waals surface area contributed by atoms with Crippen LogP contribution in [0.3, 0.4) is 0 Å². The zero-order valence-electron chi connectivity index (χ0n) is 16.0. The Kier molecular flexibility index (Phi) is 4.11. The molecule has 0 amide bonds. The highest BCUT2D eigenvalue weighted by molar-refractivity contribution is 5.65. The van der Waals surface area contributed by atoms with Crippen LogP contribution in [0.25, 0.3) is 11.3 Å². The summed E-state index contributed by atoms with van der Waals surface area (Å²) in [6.45, 7) is 7.37. The second-order valence-corrected chi connectivity index (χ2v) is 6.92. The number of aromatic nitrogens is 5. The van der Waals surface area contributed by atoms with Gasteiger partial charge in [-0.05, 0) is 44.4 Å². The molecular weight excluding hydrogens is 338 g/mol. The quantitative estimate of drug-likeness (QED) is 0.699. The highest BCUT2D eigenvalue weighted by Gasteiger charge is 2.23. The van der Waals surface area contributed by atoms with Crippen molar-refractivity contribution in [2.45, 2.75) is 33.7 Å². The summed E-state index contributed by atoms with van der Waals surface area (Å²) < 4.78 is 1.88. The molecule has 0 saturated carbocycles. The molecule has 0 aliphatic carbocycles. The molecule has 0 spiro atoms. The van der Waals surface area contributed by atoms with Crippen LogP contribution in [0.2, 0.25) is 0 Å². The lowest BCUT2D eigenvalue weighted by Crippen LogP contribution is -2.32. The van der Waals surface area contributed by atoms with Crippen LogP contribution in [-0.4, -0.2) is 31.3 Å². The predicted molar refractivity (Wildman–Crippen MR) is 102 cm³/mol. The molecular formula is C20H21N7. The van der Waals surface area contributed by atoms with Gasteiger partial charge in [-0.15, -0.1) is 0 Å². The summed E-state index contributed by atoms with van der Waals surface area (Å²) >= 11 is 0. The molecule has 1 aliphatic rings. The Hall–Kier alpha value is -3.27. The number of aryl methyl sites for hydroxylation is 3. The van der Waals surface area contributed by atoms with Crippen LogP contribution in [0.15, 0.2) is 18.5 Å². The molecule has 27 heavy (non-hydrogen) atoms. The minimum atomic E-state index is 0.658. The van der Waals surface area contributed by atoms with E-state index in [0.29, 0.717) is 18.1 Å². The number of hydrogen-bond acceptors (Lipinski definition) is 6.